The number of fused-ring (bicyclic) bond motifs is 1. The highest BCUT2D eigenvalue weighted by Gasteiger charge is 2.41. The summed E-state index contributed by atoms with van der Waals surface area (Å²) in [6.45, 7) is 1.48. The lowest BCUT2D eigenvalue weighted by Gasteiger charge is -2.34. The van der Waals surface area contributed by atoms with Crippen molar-refractivity contribution in [1.82, 2.24) is 9.97 Å². The monoisotopic (exact) mass is 369 g/mol. The van der Waals surface area contributed by atoms with Crippen molar-refractivity contribution in [3.63, 3.8) is 0 Å². The van der Waals surface area contributed by atoms with Crippen molar-refractivity contribution < 1.29 is 14.3 Å². The van der Waals surface area contributed by atoms with Gasteiger partial charge in [0.15, 0.2) is 0 Å². The summed E-state index contributed by atoms with van der Waals surface area (Å²) < 4.78 is 10.3. The van der Waals surface area contributed by atoms with Crippen LogP contribution in [0.2, 0.25) is 10.0 Å². The van der Waals surface area contributed by atoms with Crippen molar-refractivity contribution in [3.8, 4) is 0 Å². The minimum atomic E-state index is -0.610. The standard InChI is InChI=1S/C16H17Cl2N3O3/c1-23-15(22)16(2-4-24-5-3-16)9-20-14-8-19-12-6-10(17)11(18)7-13(12)21-14/h6-8H,2-5,9H2,1H3,(H,20,21). The lowest BCUT2D eigenvalue weighted by molar-refractivity contribution is -0.157. The number of hydrogen-bond donors (Lipinski definition) is 1. The SMILES string of the molecule is COC(=O)C1(CNc2cnc3cc(Cl)c(Cl)cc3n2)CCOCC1. The van der Waals surface area contributed by atoms with Crippen molar-refractivity contribution in [3.05, 3.63) is 28.4 Å². The first-order chi connectivity index (χ1) is 11.5. The Kier molecular flexibility index (Phi) is 5.08. The van der Waals surface area contributed by atoms with Crippen LogP contribution in [0, 0.1) is 5.41 Å². The third kappa shape index (κ3) is 3.41. The van der Waals surface area contributed by atoms with Gasteiger partial charge in [-0.2, -0.15) is 0 Å². The van der Waals surface area contributed by atoms with Crippen LogP contribution in [0.1, 0.15) is 12.8 Å². The Labute approximate surface area is 149 Å². The van der Waals surface area contributed by atoms with Crippen LogP contribution in [0.3, 0.4) is 0 Å². The van der Waals surface area contributed by atoms with Gasteiger partial charge in [0, 0.05) is 19.8 Å². The highest BCUT2D eigenvalue weighted by molar-refractivity contribution is 6.42. The Bertz CT molecular complexity index is 764. The average molecular weight is 370 g/mol. The van der Waals surface area contributed by atoms with Crippen molar-refractivity contribution in [2.45, 2.75) is 12.8 Å². The van der Waals surface area contributed by atoms with Crippen LogP contribution in [0.15, 0.2) is 18.3 Å². The van der Waals surface area contributed by atoms with Crippen molar-refractivity contribution in [2.75, 3.05) is 32.2 Å². The number of rotatable bonds is 4. The normalized spacial score (nSPS) is 16.8. The molecule has 0 atom stereocenters. The summed E-state index contributed by atoms with van der Waals surface area (Å²) in [4.78, 5) is 21.0. The van der Waals surface area contributed by atoms with Crippen molar-refractivity contribution in [1.29, 1.82) is 0 Å². The molecule has 0 amide bonds. The summed E-state index contributed by atoms with van der Waals surface area (Å²) in [5.74, 6) is 0.331. The second kappa shape index (κ2) is 7.09. The third-order valence-corrected chi connectivity index (χ3v) is 4.98. The molecule has 24 heavy (non-hydrogen) atoms. The number of esters is 1. The zero-order chi connectivity index (χ0) is 17.2. The van der Waals surface area contributed by atoms with Crippen LogP contribution in [0.5, 0.6) is 0 Å². The minimum Gasteiger partial charge on any atom is -0.469 e. The molecule has 0 spiro atoms. The van der Waals surface area contributed by atoms with E-state index in [1.165, 1.54) is 7.11 Å². The zero-order valence-corrected chi connectivity index (χ0v) is 14.7. The fourth-order valence-corrected chi connectivity index (χ4v) is 3.10. The molecule has 1 fully saturated rings. The molecule has 0 aliphatic carbocycles. The number of anilines is 1. The molecule has 1 aliphatic rings. The molecule has 1 aromatic heterocycles. The van der Waals surface area contributed by atoms with Gasteiger partial charge in [-0.3, -0.25) is 9.78 Å². The molecule has 2 aromatic rings. The molecule has 2 heterocycles. The molecule has 0 saturated carbocycles. The first kappa shape index (κ1) is 17.2. The smallest absolute Gasteiger partial charge is 0.313 e. The van der Waals surface area contributed by atoms with E-state index in [9.17, 15) is 4.79 Å². The second-order valence-electron chi connectivity index (χ2n) is 5.75. The number of carbonyl (C=O) groups excluding carboxylic acids is 1. The summed E-state index contributed by atoms with van der Waals surface area (Å²) in [6.07, 6.45) is 2.82. The molecule has 1 saturated heterocycles. The Morgan fingerprint density at radius 3 is 2.62 bits per heavy atom. The van der Waals surface area contributed by atoms with Crippen molar-refractivity contribution in [2.24, 2.45) is 5.41 Å². The Hall–Kier alpha value is -1.63. The van der Waals surface area contributed by atoms with E-state index < -0.39 is 5.41 Å². The number of hydrogen-bond acceptors (Lipinski definition) is 6. The maximum absolute atomic E-state index is 12.2. The van der Waals surface area contributed by atoms with Gasteiger partial charge in [-0.25, -0.2) is 4.98 Å². The van der Waals surface area contributed by atoms with Gasteiger partial charge in [0.05, 0.1) is 39.8 Å². The van der Waals surface area contributed by atoms with Gasteiger partial charge in [0.25, 0.3) is 0 Å². The number of aromatic nitrogens is 2. The number of ether oxygens (including phenoxy) is 2. The largest absolute Gasteiger partial charge is 0.469 e. The van der Waals surface area contributed by atoms with Crippen LogP contribution in [-0.4, -0.2) is 42.8 Å². The zero-order valence-electron chi connectivity index (χ0n) is 13.1. The fraction of sp³-hybridized carbons (Fsp3) is 0.438. The molecule has 3 rings (SSSR count). The summed E-state index contributed by atoms with van der Waals surface area (Å²) in [6, 6.07) is 3.34. The number of nitrogens with one attached hydrogen (secondary N) is 1. The van der Waals surface area contributed by atoms with E-state index in [0.29, 0.717) is 59.5 Å². The van der Waals surface area contributed by atoms with E-state index in [0.717, 1.165) is 0 Å². The van der Waals surface area contributed by atoms with Crippen LogP contribution >= 0.6 is 23.2 Å². The van der Waals surface area contributed by atoms with Crippen LogP contribution in [0.4, 0.5) is 5.82 Å². The lowest BCUT2D eigenvalue weighted by atomic mass is 9.80. The minimum absolute atomic E-state index is 0.234. The van der Waals surface area contributed by atoms with Crippen LogP contribution in [0.25, 0.3) is 11.0 Å². The van der Waals surface area contributed by atoms with Gasteiger partial charge in [-0.05, 0) is 25.0 Å². The van der Waals surface area contributed by atoms with E-state index >= 15 is 0 Å². The molecule has 8 heteroatoms. The molecule has 128 valence electrons. The van der Waals surface area contributed by atoms with Gasteiger partial charge < -0.3 is 14.8 Å². The summed E-state index contributed by atoms with van der Waals surface area (Å²) in [5, 5.41) is 4.05. The van der Waals surface area contributed by atoms with Gasteiger partial charge in [-0.1, -0.05) is 23.2 Å². The van der Waals surface area contributed by atoms with Gasteiger partial charge in [0.2, 0.25) is 0 Å². The van der Waals surface area contributed by atoms with Crippen LogP contribution in [-0.2, 0) is 14.3 Å². The first-order valence-corrected chi connectivity index (χ1v) is 8.31. The number of halogens is 2. The molecular weight excluding hydrogens is 353 g/mol. The Morgan fingerprint density at radius 2 is 1.96 bits per heavy atom. The lowest BCUT2D eigenvalue weighted by Crippen LogP contribution is -2.43. The van der Waals surface area contributed by atoms with E-state index in [2.05, 4.69) is 15.3 Å². The van der Waals surface area contributed by atoms with E-state index in [1.807, 2.05) is 0 Å². The van der Waals surface area contributed by atoms with Gasteiger partial charge in [0.1, 0.15) is 5.82 Å². The molecular formula is C16H17Cl2N3O3. The predicted octanol–water partition coefficient (Wildman–Crippen LogP) is 3.32. The number of carbonyl (C=O) groups is 1. The first-order valence-electron chi connectivity index (χ1n) is 7.56. The topological polar surface area (TPSA) is 73.3 Å². The molecule has 1 aliphatic heterocycles. The second-order valence-corrected chi connectivity index (χ2v) is 6.56. The van der Waals surface area contributed by atoms with E-state index in [4.69, 9.17) is 32.7 Å². The maximum atomic E-state index is 12.2. The quantitative estimate of drug-likeness (QED) is 0.833. The number of nitrogens with zero attached hydrogens (tertiary/aromatic N) is 2. The van der Waals surface area contributed by atoms with Gasteiger partial charge >= 0.3 is 5.97 Å². The Balaban J connectivity index is 1.81. The van der Waals surface area contributed by atoms with E-state index in [-0.39, 0.29) is 5.97 Å². The highest BCUT2D eigenvalue weighted by Crippen LogP contribution is 2.32. The molecule has 0 bridgehead atoms. The van der Waals surface area contributed by atoms with Crippen molar-refractivity contribution >= 4 is 46.0 Å². The number of benzene rings is 1. The highest BCUT2D eigenvalue weighted by atomic mass is 35.5. The molecule has 0 unspecified atom stereocenters. The molecule has 1 N–H and O–H groups in total. The molecule has 1 aromatic carbocycles. The fourth-order valence-electron chi connectivity index (χ4n) is 2.78. The third-order valence-electron chi connectivity index (χ3n) is 4.26. The summed E-state index contributed by atoms with van der Waals surface area (Å²) >= 11 is 12.0. The predicted molar refractivity (Wildman–Crippen MR) is 92.5 cm³/mol. The van der Waals surface area contributed by atoms with Crippen LogP contribution < -0.4 is 5.32 Å². The molecule has 6 nitrogen and oxygen atoms in total. The Morgan fingerprint density at radius 1 is 1.29 bits per heavy atom. The summed E-state index contributed by atoms with van der Waals surface area (Å²) in [7, 11) is 1.40. The maximum Gasteiger partial charge on any atom is 0.313 e. The number of methoxy groups -OCH3 is 1. The molecule has 0 radical (unpaired) electrons. The van der Waals surface area contributed by atoms with E-state index in [1.54, 1.807) is 18.3 Å². The summed E-state index contributed by atoms with van der Waals surface area (Å²) in [5.41, 5.74) is 0.679. The average Bonchev–Trinajstić information content (AvgIpc) is 2.61. The van der Waals surface area contributed by atoms with Gasteiger partial charge in [-0.15, -0.1) is 0 Å².